The molecule has 1 heterocycles. The van der Waals surface area contributed by atoms with Gasteiger partial charge in [0.2, 0.25) is 5.43 Å². The Morgan fingerprint density at radius 1 is 1.67 bits per heavy atom. The molecule has 66 valence electrons. The van der Waals surface area contributed by atoms with Crippen molar-refractivity contribution in [2.75, 3.05) is 12.4 Å². The van der Waals surface area contributed by atoms with E-state index in [0.717, 1.165) is 0 Å². The van der Waals surface area contributed by atoms with Crippen LogP contribution in [0.3, 0.4) is 0 Å². The maximum atomic E-state index is 11.2. The molecule has 0 radical (unpaired) electrons. The minimum atomic E-state index is -0.129. The van der Waals surface area contributed by atoms with Crippen molar-refractivity contribution in [1.82, 2.24) is 4.68 Å². The smallest absolute Gasteiger partial charge is 0.223 e. The molecule has 0 saturated heterocycles. The molecule has 0 aliphatic heterocycles. The van der Waals surface area contributed by atoms with Gasteiger partial charge in [0.15, 0.2) is 5.75 Å². The van der Waals surface area contributed by atoms with Gasteiger partial charge >= 0.3 is 0 Å². The number of nitrogens with two attached hydrogens (primary N) is 1. The minimum absolute atomic E-state index is 0.129. The third-order valence-corrected chi connectivity index (χ3v) is 1.61. The van der Waals surface area contributed by atoms with E-state index in [1.807, 2.05) is 6.92 Å². The van der Waals surface area contributed by atoms with Crippen LogP contribution in [0.25, 0.3) is 0 Å². The molecular weight excluding hydrogens is 156 g/mol. The zero-order chi connectivity index (χ0) is 9.14. The second-order valence-electron chi connectivity index (χ2n) is 2.43. The van der Waals surface area contributed by atoms with Gasteiger partial charge in [0.1, 0.15) is 0 Å². The fourth-order valence-electron chi connectivity index (χ4n) is 0.951. The number of pyridine rings is 1. The predicted octanol–water partition coefficient (Wildman–Crippen LogP) is 0.269. The van der Waals surface area contributed by atoms with Crippen molar-refractivity contribution in [3.05, 3.63) is 28.2 Å². The van der Waals surface area contributed by atoms with Crippen LogP contribution in [0.5, 0.6) is 5.75 Å². The quantitative estimate of drug-likeness (QED) is 0.645. The van der Waals surface area contributed by atoms with Gasteiger partial charge in [0.05, 0.1) is 12.3 Å². The molecule has 12 heavy (non-hydrogen) atoms. The van der Waals surface area contributed by atoms with Gasteiger partial charge in [-0.3, -0.25) is 9.47 Å². The van der Waals surface area contributed by atoms with E-state index in [1.165, 1.54) is 16.9 Å². The highest BCUT2D eigenvalue weighted by Crippen LogP contribution is 2.08. The molecule has 0 atom stereocenters. The van der Waals surface area contributed by atoms with E-state index in [2.05, 4.69) is 0 Å². The van der Waals surface area contributed by atoms with E-state index in [-0.39, 0.29) is 5.43 Å². The molecule has 0 aromatic carbocycles. The molecule has 4 heteroatoms. The average Bonchev–Trinajstić information content (AvgIpc) is 2.06. The first kappa shape index (κ1) is 8.64. The Bertz CT molecular complexity index is 330. The van der Waals surface area contributed by atoms with Crippen molar-refractivity contribution in [2.24, 2.45) is 0 Å². The molecule has 0 saturated carbocycles. The van der Waals surface area contributed by atoms with Gasteiger partial charge in [-0.15, -0.1) is 0 Å². The fraction of sp³-hybridized carbons (Fsp3) is 0.375. The van der Waals surface area contributed by atoms with Crippen molar-refractivity contribution in [1.29, 1.82) is 0 Å². The topological polar surface area (TPSA) is 57.2 Å². The highest BCUT2D eigenvalue weighted by molar-refractivity contribution is 5.26. The SMILES string of the molecule is CCOc1c(C)n(N)ccc1=O. The molecule has 2 N–H and O–H groups in total. The van der Waals surface area contributed by atoms with Gasteiger partial charge in [-0.1, -0.05) is 0 Å². The van der Waals surface area contributed by atoms with Crippen LogP contribution in [0, 0.1) is 6.92 Å². The number of ether oxygens (including phenoxy) is 1. The Hall–Kier alpha value is -1.45. The highest BCUT2D eigenvalue weighted by Gasteiger charge is 2.05. The first-order valence-corrected chi connectivity index (χ1v) is 3.77. The lowest BCUT2D eigenvalue weighted by atomic mass is 10.3. The standard InChI is InChI=1S/C8H12N2O2/c1-3-12-8-6(2)10(9)5-4-7(8)11/h4-5H,3,9H2,1-2H3. The van der Waals surface area contributed by atoms with Gasteiger partial charge in [-0.2, -0.15) is 0 Å². The molecule has 0 unspecified atom stereocenters. The lowest BCUT2D eigenvalue weighted by Crippen LogP contribution is -2.19. The van der Waals surface area contributed by atoms with Crippen LogP contribution < -0.4 is 16.0 Å². The highest BCUT2D eigenvalue weighted by atomic mass is 16.5. The van der Waals surface area contributed by atoms with Crippen LogP contribution in [0.1, 0.15) is 12.6 Å². The molecule has 1 aromatic heterocycles. The van der Waals surface area contributed by atoms with E-state index in [0.29, 0.717) is 18.1 Å². The summed E-state index contributed by atoms with van der Waals surface area (Å²) in [5.41, 5.74) is 0.514. The molecule has 0 spiro atoms. The van der Waals surface area contributed by atoms with Crippen LogP contribution in [0.4, 0.5) is 0 Å². The number of nitrogens with zero attached hydrogens (tertiary/aromatic N) is 1. The van der Waals surface area contributed by atoms with Crippen molar-refractivity contribution in [3.8, 4) is 5.75 Å². The summed E-state index contributed by atoms with van der Waals surface area (Å²) < 4.78 is 6.50. The summed E-state index contributed by atoms with van der Waals surface area (Å²) in [6.45, 7) is 4.04. The summed E-state index contributed by atoms with van der Waals surface area (Å²) in [5.74, 6) is 5.85. The summed E-state index contributed by atoms with van der Waals surface area (Å²) in [5, 5.41) is 0. The molecule has 4 nitrogen and oxygen atoms in total. The summed E-state index contributed by atoms with van der Waals surface area (Å²) in [4.78, 5) is 11.2. The van der Waals surface area contributed by atoms with E-state index in [9.17, 15) is 4.79 Å². The largest absolute Gasteiger partial charge is 0.488 e. The van der Waals surface area contributed by atoms with Gasteiger partial charge < -0.3 is 10.6 Å². The second-order valence-corrected chi connectivity index (χ2v) is 2.43. The number of nitrogen functional groups attached to an aromatic ring is 1. The summed E-state index contributed by atoms with van der Waals surface area (Å²) in [7, 11) is 0. The minimum Gasteiger partial charge on any atom is -0.488 e. The van der Waals surface area contributed by atoms with Crippen LogP contribution in [-0.4, -0.2) is 11.3 Å². The summed E-state index contributed by atoms with van der Waals surface area (Å²) in [6, 6.07) is 1.39. The van der Waals surface area contributed by atoms with Crippen molar-refractivity contribution in [2.45, 2.75) is 13.8 Å². The Balaban J connectivity index is 3.23. The molecule has 0 fully saturated rings. The third-order valence-electron chi connectivity index (χ3n) is 1.61. The van der Waals surface area contributed by atoms with Crippen molar-refractivity contribution >= 4 is 0 Å². The lowest BCUT2D eigenvalue weighted by Gasteiger charge is -2.08. The number of hydrogen-bond donors (Lipinski definition) is 1. The first-order valence-electron chi connectivity index (χ1n) is 3.77. The molecule has 0 aliphatic carbocycles. The zero-order valence-electron chi connectivity index (χ0n) is 7.20. The normalized spacial score (nSPS) is 9.83. The van der Waals surface area contributed by atoms with E-state index < -0.39 is 0 Å². The Morgan fingerprint density at radius 2 is 2.33 bits per heavy atom. The van der Waals surface area contributed by atoms with Gasteiger partial charge in [-0.25, -0.2) is 0 Å². The van der Waals surface area contributed by atoms with Gasteiger partial charge in [-0.05, 0) is 13.8 Å². The summed E-state index contributed by atoms with van der Waals surface area (Å²) >= 11 is 0. The van der Waals surface area contributed by atoms with E-state index >= 15 is 0 Å². The maximum Gasteiger partial charge on any atom is 0.223 e. The average molecular weight is 168 g/mol. The molecule has 1 aromatic rings. The van der Waals surface area contributed by atoms with Crippen LogP contribution in [0.2, 0.25) is 0 Å². The number of rotatable bonds is 2. The first-order chi connectivity index (χ1) is 5.66. The van der Waals surface area contributed by atoms with Crippen molar-refractivity contribution in [3.63, 3.8) is 0 Å². The molecule has 0 aliphatic rings. The maximum absolute atomic E-state index is 11.2. The zero-order valence-corrected chi connectivity index (χ0v) is 7.20. The Kier molecular flexibility index (Phi) is 2.38. The second kappa shape index (κ2) is 3.30. The Labute approximate surface area is 70.5 Å². The van der Waals surface area contributed by atoms with E-state index in [1.54, 1.807) is 6.92 Å². The molecule has 1 rings (SSSR count). The monoisotopic (exact) mass is 168 g/mol. The third kappa shape index (κ3) is 1.42. The molecule has 0 bridgehead atoms. The molecular formula is C8H12N2O2. The number of aromatic nitrogens is 1. The summed E-state index contributed by atoms with van der Waals surface area (Å²) in [6.07, 6.45) is 1.51. The van der Waals surface area contributed by atoms with Crippen LogP contribution >= 0.6 is 0 Å². The van der Waals surface area contributed by atoms with E-state index in [4.69, 9.17) is 10.6 Å². The molecule has 0 amide bonds. The fourth-order valence-corrected chi connectivity index (χ4v) is 0.951. The Morgan fingerprint density at radius 3 is 2.92 bits per heavy atom. The van der Waals surface area contributed by atoms with Gasteiger partial charge in [0, 0.05) is 12.3 Å². The predicted molar refractivity (Wildman–Crippen MR) is 46.8 cm³/mol. The van der Waals surface area contributed by atoms with Gasteiger partial charge in [0.25, 0.3) is 0 Å². The lowest BCUT2D eigenvalue weighted by molar-refractivity contribution is 0.331. The van der Waals surface area contributed by atoms with Crippen molar-refractivity contribution < 1.29 is 4.74 Å². The van der Waals surface area contributed by atoms with Crippen LogP contribution in [0.15, 0.2) is 17.1 Å². The van der Waals surface area contributed by atoms with Crippen LogP contribution in [-0.2, 0) is 0 Å². The number of hydrogen-bond acceptors (Lipinski definition) is 3.